The number of nitrogens with zero attached hydrogens (tertiary/aromatic N) is 1. The number of halogens is 13. The molecule has 5 atom stereocenters. The first-order valence-electron chi connectivity index (χ1n) is 20.2. The number of rotatable bonds is 20. The van der Waals surface area contributed by atoms with Crippen molar-refractivity contribution in [3.05, 3.63) is 58.2 Å². The van der Waals surface area contributed by atoms with E-state index in [1.807, 2.05) is 13.8 Å². The maximum atomic E-state index is 15.3. The Labute approximate surface area is 354 Å². The van der Waals surface area contributed by atoms with E-state index in [-0.39, 0.29) is 30.0 Å². The summed E-state index contributed by atoms with van der Waals surface area (Å²) in [7, 11) is 4.91. The monoisotopic (exact) mass is 931 g/mol. The lowest BCUT2D eigenvalue weighted by molar-refractivity contribution is -0.457. The summed E-state index contributed by atoms with van der Waals surface area (Å²) < 4.78 is 200. The van der Waals surface area contributed by atoms with Crippen LogP contribution >= 0.6 is 21.6 Å². The highest BCUT2D eigenvalue weighted by molar-refractivity contribution is 8.76. The van der Waals surface area contributed by atoms with Crippen LogP contribution in [0.25, 0.3) is 0 Å². The smallest absolute Gasteiger partial charge is 0.435 e. The largest absolute Gasteiger partial charge is 0.451 e. The SMILES string of the molecule is CCCOCCSSCCCN(C)Cc1c(F)c(F)c(Oc2ccc3c(c2)CCC2C3CCC3(C)C(OCCCOC(C(F)(F)F)(C(F)(F)F)C(F)(F)F)CCC23)c(F)c1F. The van der Waals surface area contributed by atoms with Gasteiger partial charge in [0.25, 0.3) is 0 Å². The maximum absolute atomic E-state index is 15.3. The summed E-state index contributed by atoms with van der Waals surface area (Å²) in [5.74, 6) is -5.66. The van der Waals surface area contributed by atoms with Gasteiger partial charge in [0.05, 0.1) is 19.3 Å². The van der Waals surface area contributed by atoms with Crippen LogP contribution in [0.1, 0.15) is 87.8 Å². The van der Waals surface area contributed by atoms with E-state index in [1.54, 1.807) is 45.7 Å². The van der Waals surface area contributed by atoms with Crippen LogP contribution in [0.2, 0.25) is 0 Å². The van der Waals surface area contributed by atoms with Crippen molar-refractivity contribution < 1.29 is 76.0 Å². The molecule has 3 aliphatic carbocycles. The molecule has 5 nitrogen and oxygen atoms in total. The minimum atomic E-state index is -6.80. The molecule has 2 aromatic carbocycles. The van der Waals surface area contributed by atoms with Crippen molar-refractivity contribution in [2.75, 3.05) is 51.5 Å². The Bertz CT molecular complexity index is 1710. The van der Waals surface area contributed by atoms with E-state index in [9.17, 15) is 39.5 Å². The molecule has 2 fully saturated rings. The number of hydrogen-bond acceptors (Lipinski definition) is 7. The zero-order chi connectivity index (χ0) is 45.0. The Morgan fingerprint density at radius 2 is 1.43 bits per heavy atom. The first kappa shape index (κ1) is 49.9. The van der Waals surface area contributed by atoms with Gasteiger partial charge in [-0.25, -0.2) is 8.78 Å². The van der Waals surface area contributed by atoms with E-state index >= 15 is 17.6 Å². The predicted molar refractivity (Wildman–Crippen MR) is 206 cm³/mol. The van der Waals surface area contributed by atoms with Crippen molar-refractivity contribution in [1.82, 2.24) is 4.90 Å². The Morgan fingerprint density at radius 3 is 2.07 bits per heavy atom. The molecule has 5 rings (SSSR count). The highest BCUT2D eigenvalue weighted by Crippen LogP contribution is 2.62. The lowest BCUT2D eigenvalue weighted by atomic mass is 9.55. The van der Waals surface area contributed by atoms with Gasteiger partial charge in [0, 0.05) is 36.8 Å². The van der Waals surface area contributed by atoms with Crippen LogP contribution in [0, 0.1) is 40.5 Å². The summed E-state index contributed by atoms with van der Waals surface area (Å²) in [5, 5.41) is 0. The third-order valence-corrected chi connectivity index (χ3v) is 14.7. The third-order valence-electron chi connectivity index (χ3n) is 12.2. The van der Waals surface area contributed by atoms with E-state index in [2.05, 4.69) is 4.74 Å². The summed E-state index contributed by atoms with van der Waals surface area (Å²) in [6, 6.07) is 4.84. The Hall–Kier alpha value is -2.13. The number of benzene rings is 2. The van der Waals surface area contributed by atoms with E-state index in [4.69, 9.17) is 14.2 Å². The van der Waals surface area contributed by atoms with Gasteiger partial charge in [0.1, 0.15) is 5.75 Å². The van der Waals surface area contributed by atoms with Gasteiger partial charge in [-0.15, -0.1) is 0 Å². The van der Waals surface area contributed by atoms with Gasteiger partial charge >= 0.3 is 24.1 Å². The average Bonchev–Trinajstić information content (AvgIpc) is 3.52. The normalized spacial score (nSPS) is 23.3. The van der Waals surface area contributed by atoms with Crippen molar-refractivity contribution in [2.24, 2.45) is 17.3 Å². The molecule has 0 spiro atoms. The molecule has 0 aliphatic heterocycles. The van der Waals surface area contributed by atoms with Gasteiger partial charge in [-0.3, -0.25) is 0 Å². The molecule has 2 saturated carbocycles. The number of hydrogen-bond donors (Lipinski definition) is 0. The molecule has 20 heteroatoms. The minimum Gasteiger partial charge on any atom is -0.451 e. The quantitative estimate of drug-likeness (QED) is 0.0567. The summed E-state index contributed by atoms with van der Waals surface area (Å²) in [5.41, 5.74) is -5.69. The molecule has 2 aromatic rings. The van der Waals surface area contributed by atoms with Crippen molar-refractivity contribution >= 4 is 21.6 Å². The molecule has 0 amide bonds. The summed E-state index contributed by atoms with van der Waals surface area (Å²) >= 11 is 0. The summed E-state index contributed by atoms with van der Waals surface area (Å²) in [6.45, 7) is 3.55. The predicted octanol–water partition coefficient (Wildman–Crippen LogP) is 12.7. The van der Waals surface area contributed by atoms with Gasteiger partial charge in [0.15, 0.2) is 11.6 Å². The van der Waals surface area contributed by atoms with Crippen molar-refractivity contribution in [1.29, 1.82) is 0 Å². The second-order valence-electron chi connectivity index (χ2n) is 16.1. The molecule has 346 valence electrons. The van der Waals surface area contributed by atoms with Crippen LogP contribution in [-0.2, 0) is 27.2 Å². The standard InChI is InChI=1S/C41H50F13NO4S2/c1-4-16-56-19-21-61-60-20-5-15-55(3)23-29-32(42)34(44)36(35(45)33(29)43)59-25-8-10-26-24(22-25)7-9-28-27(26)13-14-37(2)30(28)11-12-31(37)57-17-6-18-58-38(39(46,47)48,40(49,50)51)41(52,53)54/h8,10,22,27-28,30-31H,4-7,9,11-21,23H2,1-3H3. The Kier molecular flexibility index (Phi) is 16.7. The molecule has 0 N–H and O–H groups in total. The van der Waals surface area contributed by atoms with Crippen molar-refractivity contribution in [3.63, 3.8) is 0 Å². The molecule has 0 bridgehead atoms. The highest BCUT2D eigenvalue weighted by Gasteiger charge is 2.85. The molecule has 0 radical (unpaired) electrons. The number of aryl methyl sites for hydroxylation is 1. The first-order chi connectivity index (χ1) is 28.6. The zero-order valence-electron chi connectivity index (χ0n) is 33.9. The van der Waals surface area contributed by atoms with Gasteiger partial charge in [0.2, 0.25) is 17.4 Å². The fourth-order valence-electron chi connectivity index (χ4n) is 9.29. The molecule has 0 saturated heterocycles. The van der Waals surface area contributed by atoms with E-state index < -0.39 is 89.9 Å². The number of alkyl halides is 9. The van der Waals surface area contributed by atoms with Crippen LogP contribution < -0.4 is 4.74 Å². The molecule has 0 heterocycles. The lowest BCUT2D eigenvalue weighted by Gasteiger charge is -2.50. The zero-order valence-corrected chi connectivity index (χ0v) is 35.5. The second-order valence-corrected chi connectivity index (χ2v) is 18.8. The lowest BCUT2D eigenvalue weighted by Crippen LogP contribution is -2.67. The topological polar surface area (TPSA) is 40.2 Å². The van der Waals surface area contributed by atoms with Crippen molar-refractivity contribution in [3.8, 4) is 11.5 Å². The Balaban J connectivity index is 1.15. The van der Waals surface area contributed by atoms with Crippen LogP contribution in [0.15, 0.2) is 18.2 Å². The van der Waals surface area contributed by atoms with Crippen LogP contribution in [0.5, 0.6) is 11.5 Å². The molecule has 3 aliphatic rings. The second kappa shape index (κ2) is 20.4. The van der Waals surface area contributed by atoms with Gasteiger partial charge in [-0.05, 0) is 118 Å². The van der Waals surface area contributed by atoms with Crippen LogP contribution in [0.4, 0.5) is 57.1 Å². The molecule has 5 unspecified atom stereocenters. The van der Waals surface area contributed by atoms with Gasteiger partial charge < -0.3 is 23.8 Å². The van der Waals surface area contributed by atoms with Crippen molar-refractivity contribution in [2.45, 2.75) is 114 Å². The van der Waals surface area contributed by atoms with E-state index in [0.29, 0.717) is 64.7 Å². The van der Waals surface area contributed by atoms with Crippen LogP contribution in [0.3, 0.4) is 0 Å². The van der Waals surface area contributed by atoms with Gasteiger partial charge in [-0.1, -0.05) is 41.5 Å². The summed E-state index contributed by atoms with van der Waals surface area (Å²) in [6.07, 6.45) is -16.1. The summed E-state index contributed by atoms with van der Waals surface area (Å²) in [4.78, 5) is 1.58. The Morgan fingerprint density at radius 1 is 0.770 bits per heavy atom. The average molecular weight is 932 g/mol. The third kappa shape index (κ3) is 10.7. The van der Waals surface area contributed by atoms with E-state index in [1.165, 1.54) is 6.07 Å². The van der Waals surface area contributed by atoms with E-state index in [0.717, 1.165) is 29.1 Å². The van der Waals surface area contributed by atoms with Gasteiger partial charge in [-0.2, -0.15) is 48.3 Å². The molecular formula is C41H50F13NO4S2. The first-order valence-corrected chi connectivity index (χ1v) is 22.7. The number of ether oxygens (including phenoxy) is 4. The molecular weight excluding hydrogens is 882 g/mol. The van der Waals surface area contributed by atoms with Crippen LogP contribution in [-0.4, -0.2) is 86.7 Å². The fourth-order valence-corrected chi connectivity index (χ4v) is 11.2. The number of fused-ring (bicyclic) bond motifs is 5. The highest BCUT2D eigenvalue weighted by atomic mass is 33.1. The molecule has 0 aromatic heterocycles. The molecule has 61 heavy (non-hydrogen) atoms. The maximum Gasteiger partial charge on any atom is 0.435 e. The fraction of sp³-hybridized carbons (Fsp3) is 0.707. The minimum absolute atomic E-state index is 0.0112.